The number of hydrogen-bond acceptors (Lipinski definition) is 4. The summed E-state index contributed by atoms with van der Waals surface area (Å²) < 4.78 is 70.5. The maximum absolute atomic E-state index is 14.2. The molecule has 0 amide bonds. The lowest BCUT2D eigenvalue weighted by atomic mass is 9.82. The molecule has 1 aliphatic carbocycles. The fourth-order valence-corrected chi connectivity index (χ4v) is 9.58. The van der Waals surface area contributed by atoms with E-state index in [-0.39, 0.29) is 18.1 Å². The minimum atomic E-state index is -4.44. The van der Waals surface area contributed by atoms with Gasteiger partial charge in [0.15, 0.2) is 5.78 Å². The summed E-state index contributed by atoms with van der Waals surface area (Å²) in [6.45, 7) is 4.43. The molecule has 49 heavy (non-hydrogen) atoms. The Morgan fingerprint density at radius 1 is 0.980 bits per heavy atom. The molecular formula is C39H45F3N2O4S. The Bertz CT molecular complexity index is 1930. The summed E-state index contributed by atoms with van der Waals surface area (Å²) in [4.78, 5) is 14.2. The Morgan fingerprint density at radius 3 is 2.37 bits per heavy atom. The fourth-order valence-electron chi connectivity index (χ4n) is 7.68. The maximum Gasteiger partial charge on any atom is 0.416 e. The monoisotopic (exact) mass is 694 g/mol. The van der Waals surface area contributed by atoms with E-state index in [1.54, 1.807) is 19.2 Å². The second-order valence-corrected chi connectivity index (χ2v) is 16.4. The molecule has 0 saturated heterocycles. The fraction of sp³-hybridized carbons (Fsp3) is 0.462. The summed E-state index contributed by atoms with van der Waals surface area (Å²) >= 11 is 0. The highest BCUT2D eigenvalue weighted by atomic mass is 32.2. The van der Waals surface area contributed by atoms with Gasteiger partial charge in [0, 0.05) is 37.2 Å². The van der Waals surface area contributed by atoms with Crippen LogP contribution < -0.4 is 4.31 Å². The van der Waals surface area contributed by atoms with Crippen LogP contribution in [0.15, 0.2) is 72.9 Å². The van der Waals surface area contributed by atoms with Crippen molar-refractivity contribution in [3.63, 3.8) is 0 Å². The SMILES string of the molecule is CCC[C@H](CC[C@@H](O)[C@@H](CC(=O)c1cc2c3c(c1)c(CC)cn3CC1(CC1)S(=O)(=O)N2C)Cc1ccccc1)c1cccc(C(F)(F)F)c1. The van der Waals surface area contributed by atoms with Gasteiger partial charge in [-0.15, -0.1) is 0 Å². The largest absolute Gasteiger partial charge is 0.416 e. The number of carbonyl (C=O) groups excluding carboxylic acids is 1. The van der Waals surface area contributed by atoms with Crippen molar-refractivity contribution in [2.24, 2.45) is 5.92 Å². The van der Waals surface area contributed by atoms with Gasteiger partial charge in [0.05, 0.1) is 22.9 Å². The number of aliphatic hydroxyl groups excluding tert-OH is 1. The number of aryl methyl sites for hydroxylation is 1. The Kier molecular flexibility index (Phi) is 9.76. The van der Waals surface area contributed by atoms with E-state index in [0.29, 0.717) is 61.9 Å². The quantitative estimate of drug-likeness (QED) is 0.142. The van der Waals surface area contributed by atoms with Crippen LogP contribution in [0.4, 0.5) is 18.9 Å². The van der Waals surface area contributed by atoms with Gasteiger partial charge in [-0.1, -0.05) is 68.8 Å². The number of ketones is 1. The van der Waals surface area contributed by atoms with Gasteiger partial charge < -0.3 is 9.67 Å². The van der Waals surface area contributed by atoms with Crippen LogP contribution in [0.5, 0.6) is 0 Å². The number of nitrogens with zero attached hydrogens (tertiary/aromatic N) is 2. The van der Waals surface area contributed by atoms with E-state index in [0.717, 1.165) is 40.9 Å². The summed E-state index contributed by atoms with van der Waals surface area (Å²) in [6.07, 6.45) is 1.36. The number of anilines is 1. The highest BCUT2D eigenvalue weighted by Gasteiger charge is 2.58. The highest BCUT2D eigenvalue weighted by Crippen LogP contribution is 2.51. The van der Waals surface area contributed by atoms with Crippen molar-refractivity contribution in [1.82, 2.24) is 4.57 Å². The molecule has 1 N–H and O–H groups in total. The van der Waals surface area contributed by atoms with E-state index in [9.17, 15) is 31.5 Å². The third kappa shape index (κ3) is 6.91. The second kappa shape index (κ2) is 13.6. The molecule has 6 rings (SSSR count). The predicted octanol–water partition coefficient (Wildman–Crippen LogP) is 8.69. The number of Topliss-reactive ketones (excluding diaryl/α,β-unsaturated/α-hetero) is 1. The molecule has 2 aliphatic rings. The smallest absolute Gasteiger partial charge is 0.393 e. The topological polar surface area (TPSA) is 79.6 Å². The Morgan fingerprint density at radius 2 is 1.71 bits per heavy atom. The van der Waals surface area contributed by atoms with E-state index in [2.05, 4.69) is 0 Å². The number of rotatable bonds is 13. The minimum absolute atomic E-state index is 0.0333. The summed E-state index contributed by atoms with van der Waals surface area (Å²) in [5, 5.41) is 12.5. The van der Waals surface area contributed by atoms with Crippen LogP contribution >= 0.6 is 0 Å². The number of sulfonamides is 1. The van der Waals surface area contributed by atoms with Gasteiger partial charge in [0.1, 0.15) is 4.75 Å². The van der Waals surface area contributed by atoms with Crippen molar-refractivity contribution in [2.45, 2.75) is 101 Å². The van der Waals surface area contributed by atoms with Crippen molar-refractivity contribution in [1.29, 1.82) is 0 Å². The lowest BCUT2D eigenvalue weighted by Crippen LogP contribution is -2.38. The van der Waals surface area contributed by atoms with Crippen LogP contribution in [0.25, 0.3) is 10.9 Å². The summed E-state index contributed by atoms with van der Waals surface area (Å²) in [7, 11) is -2.07. The number of carbonyl (C=O) groups is 1. The van der Waals surface area contributed by atoms with Gasteiger partial charge in [-0.05, 0) is 91.7 Å². The van der Waals surface area contributed by atoms with E-state index in [1.165, 1.54) is 16.4 Å². The van der Waals surface area contributed by atoms with E-state index in [4.69, 9.17) is 0 Å². The van der Waals surface area contributed by atoms with E-state index >= 15 is 0 Å². The summed E-state index contributed by atoms with van der Waals surface area (Å²) in [5.41, 5.74) is 3.65. The van der Waals surface area contributed by atoms with Crippen LogP contribution in [0.3, 0.4) is 0 Å². The Hall–Kier alpha value is -3.63. The van der Waals surface area contributed by atoms with Gasteiger partial charge in [-0.3, -0.25) is 9.10 Å². The van der Waals surface area contributed by atoms with Gasteiger partial charge >= 0.3 is 6.18 Å². The maximum atomic E-state index is 14.2. The number of benzene rings is 3. The van der Waals surface area contributed by atoms with Crippen molar-refractivity contribution in [3.05, 3.63) is 101 Å². The molecule has 1 fully saturated rings. The number of halogens is 3. The molecule has 1 aliphatic heterocycles. The zero-order valence-corrected chi connectivity index (χ0v) is 29.2. The number of hydrogen-bond donors (Lipinski definition) is 1. The first-order valence-electron chi connectivity index (χ1n) is 17.3. The molecule has 1 spiro atoms. The highest BCUT2D eigenvalue weighted by molar-refractivity contribution is 7.94. The first-order chi connectivity index (χ1) is 23.3. The molecule has 10 heteroatoms. The minimum Gasteiger partial charge on any atom is -0.393 e. The van der Waals surface area contributed by atoms with Crippen LogP contribution in [0, 0.1) is 5.92 Å². The molecule has 0 radical (unpaired) electrons. The number of aliphatic hydroxyl groups is 1. The normalized spacial score (nSPS) is 18.3. The molecular weight excluding hydrogens is 650 g/mol. The molecule has 0 unspecified atom stereocenters. The lowest BCUT2D eigenvalue weighted by Gasteiger charge is -2.26. The zero-order chi connectivity index (χ0) is 35.1. The van der Waals surface area contributed by atoms with E-state index in [1.807, 2.05) is 61.0 Å². The molecule has 1 aromatic heterocycles. The molecule has 0 bridgehead atoms. The molecule has 2 heterocycles. The van der Waals surface area contributed by atoms with Crippen molar-refractivity contribution in [2.75, 3.05) is 11.4 Å². The Labute approximate surface area is 287 Å². The lowest BCUT2D eigenvalue weighted by molar-refractivity contribution is -0.137. The first kappa shape index (κ1) is 35.2. The van der Waals surface area contributed by atoms with Gasteiger partial charge in [-0.25, -0.2) is 8.42 Å². The molecule has 3 atom stereocenters. The van der Waals surface area contributed by atoms with E-state index < -0.39 is 38.5 Å². The molecule has 3 aromatic carbocycles. The van der Waals surface area contributed by atoms with Crippen molar-refractivity contribution in [3.8, 4) is 0 Å². The molecule has 262 valence electrons. The third-order valence-electron chi connectivity index (χ3n) is 10.7. The van der Waals surface area contributed by atoms with Crippen molar-refractivity contribution >= 4 is 32.4 Å². The average Bonchev–Trinajstić information content (AvgIpc) is 3.81. The van der Waals surface area contributed by atoms with Gasteiger partial charge in [-0.2, -0.15) is 13.2 Å². The standard InChI is InChI=1S/C39H45F3N2O4S/c1-4-10-28(29-13-9-14-32(20-29)39(40,41)42)15-16-35(45)30(19-26-11-7-6-8-12-26)23-36(46)31-21-33-27(5-2)24-44-25-38(17-18-38)49(47,48)43(3)34(22-31)37(33)44/h6-9,11-14,20-22,24,28,30,35,45H,4-5,10,15-19,23,25H2,1-3H3/t28-,30-,35-/m1/s1. The first-order valence-corrected chi connectivity index (χ1v) is 18.8. The number of aromatic nitrogens is 1. The van der Waals surface area contributed by atoms with Crippen molar-refractivity contribution < 1.29 is 31.5 Å². The number of alkyl halides is 3. The third-order valence-corrected chi connectivity index (χ3v) is 13.3. The Balaban J connectivity index is 1.29. The molecule has 1 saturated carbocycles. The van der Waals surface area contributed by atoms with Gasteiger partial charge in [0.25, 0.3) is 0 Å². The zero-order valence-electron chi connectivity index (χ0n) is 28.3. The predicted molar refractivity (Wildman–Crippen MR) is 188 cm³/mol. The van der Waals surface area contributed by atoms with Crippen LogP contribution in [-0.4, -0.2) is 41.8 Å². The second-order valence-electron chi connectivity index (χ2n) is 14.0. The van der Waals surface area contributed by atoms with Crippen LogP contribution in [0.2, 0.25) is 0 Å². The van der Waals surface area contributed by atoms with Crippen LogP contribution in [-0.2, 0) is 35.6 Å². The van der Waals surface area contributed by atoms with Crippen LogP contribution in [0.1, 0.15) is 97.3 Å². The van der Waals surface area contributed by atoms with Gasteiger partial charge in [0.2, 0.25) is 10.0 Å². The molecule has 4 aromatic rings. The summed E-state index contributed by atoms with van der Waals surface area (Å²) in [6, 6.07) is 18.6. The average molecular weight is 695 g/mol. The molecule has 6 nitrogen and oxygen atoms in total. The summed E-state index contributed by atoms with van der Waals surface area (Å²) in [5.74, 6) is -0.815.